The first-order valence-corrected chi connectivity index (χ1v) is 5.63. The van der Waals surface area contributed by atoms with Crippen LogP contribution in [-0.2, 0) is 0 Å². The number of aromatic nitrogens is 1. The number of nitrogens with two attached hydrogens (primary N) is 1. The van der Waals surface area contributed by atoms with Crippen molar-refractivity contribution in [1.82, 2.24) is 15.3 Å². The fraction of sp³-hybridized carbons (Fsp3) is 0.400. The maximum absolute atomic E-state index is 5.29. The Labute approximate surface area is 100 Å². The lowest BCUT2D eigenvalue weighted by Crippen LogP contribution is -2.53. The lowest BCUT2D eigenvalue weighted by atomic mass is 10.3. The minimum absolute atomic E-state index is 0.612. The maximum Gasteiger partial charge on any atom is 0.183 e. The summed E-state index contributed by atoms with van der Waals surface area (Å²) in [7, 11) is 0. The second kappa shape index (κ2) is 5.09. The predicted octanol–water partition coefficient (Wildman–Crippen LogP) is -0.0482. The van der Waals surface area contributed by atoms with Gasteiger partial charge in [-0.2, -0.15) is 0 Å². The molecule has 0 aliphatic carbocycles. The zero-order valence-corrected chi connectivity index (χ0v) is 9.78. The Balaban J connectivity index is 1.93. The Morgan fingerprint density at radius 2 is 2.06 bits per heavy atom. The van der Waals surface area contributed by atoms with Gasteiger partial charge in [0.15, 0.2) is 5.11 Å². The molecule has 1 saturated heterocycles. The van der Waals surface area contributed by atoms with Crippen LogP contribution >= 0.6 is 12.2 Å². The number of piperazine rings is 1. The Bertz CT molecular complexity index is 347. The molecular formula is C10H15N5S. The second-order valence-corrected chi connectivity index (χ2v) is 4.00. The van der Waals surface area contributed by atoms with E-state index >= 15 is 0 Å². The molecule has 0 spiro atoms. The van der Waals surface area contributed by atoms with Gasteiger partial charge in [0.2, 0.25) is 0 Å². The number of pyridine rings is 1. The number of anilines is 1. The highest BCUT2D eigenvalue weighted by Gasteiger charge is 2.18. The molecule has 6 heteroatoms. The Morgan fingerprint density at radius 3 is 2.62 bits per heavy atom. The fourth-order valence-corrected chi connectivity index (χ4v) is 1.95. The van der Waals surface area contributed by atoms with E-state index < -0.39 is 0 Å². The molecule has 1 aliphatic rings. The molecule has 2 heterocycles. The van der Waals surface area contributed by atoms with Crippen molar-refractivity contribution in [2.45, 2.75) is 0 Å². The van der Waals surface area contributed by atoms with Crippen molar-refractivity contribution < 1.29 is 0 Å². The van der Waals surface area contributed by atoms with Crippen LogP contribution in [0.4, 0.5) is 5.82 Å². The van der Waals surface area contributed by atoms with Crippen molar-refractivity contribution in [2.24, 2.45) is 5.84 Å². The van der Waals surface area contributed by atoms with Crippen LogP contribution in [-0.4, -0.2) is 41.2 Å². The van der Waals surface area contributed by atoms with Gasteiger partial charge in [0.1, 0.15) is 5.82 Å². The molecule has 16 heavy (non-hydrogen) atoms. The van der Waals surface area contributed by atoms with E-state index in [0.29, 0.717) is 5.11 Å². The summed E-state index contributed by atoms with van der Waals surface area (Å²) in [6.45, 7) is 3.58. The second-order valence-electron chi connectivity index (χ2n) is 3.61. The molecule has 2 rings (SSSR count). The van der Waals surface area contributed by atoms with E-state index in [0.717, 1.165) is 32.0 Å². The van der Waals surface area contributed by atoms with E-state index in [1.54, 1.807) is 0 Å². The third kappa shape index (κ3) is 2.40. The van der Waals surface area contributed by atoms with Crippen molar-refractivity contribution in [3.63, 3.8) is 0 Å². The van der Waals surface area contributed by atoms with E-state index in [4.69, 9.17) is 18.1 Å². The molecule has 0 radical (unpaired) electrons. The first-order chi connectivity index (χ1) is 7.81. The Kier molecular flexibility index (Phi) is 3.53. The van der Waals surface area contributed by atoms with Gasteiger partial charge < -0.3 is 15.2 Å². The van der Waals surface area contributed by atoms with Crippen LogP contribution in [0.1, 0.15) is 0 Å². The molecule has 1 aromatic rings. The van der Waals surface area contributed by atoms with Gasteiger partial charge in [-0.3, -0.25) is 0 Å². The molecule has 0 aromatic carbocycles. The van der Waals surface area contributed by atoms with Gasteiger partial charge in [0.25, 0.3) is 0 Å². The number of nitrogens with zero attached hydrogens (tertiary/aromatic N) is 3. The third-order valence-corrected chi connectivity index (χ3v) is 3.04. The minimum atomic E-state index is 0.612. The van der Waals surface area contributed by atoms with E-state index in [1.807, 2.05) is 24.4 Å². The lowest BCUT2D eigenvalue weighted by Gasteiger charge is -2.36. The standard InChI is InChI=1S/C10H15N5S/c11-13-10(16)15-7-5-14(6-8-15)9-3-1-2-4-12-9/h1-4H,5-8,11H2,(H,13,16). The molecule has 0 saturated carbocycles. The molecular weight excluding hydrogens is 222 g/mol. The summed E-state index contributed by atoms with van der Waals surface area (Å²) in [5, 5.41) is 0.612. The monoisotopic (exact) mass is 237 g/mol. The summed E-state index contributed by atoms with van der Waals surface area (Å²) in [5.74, 6) is 6.31. The van der Waals surface area contributed by atoms with Crippen molar-refractivity contribution in [3.8, 4) is 0 Å². The highest BCUT2D eigenvalue weighted by Crippen LogP contribution is 2.12. The molecule has 0 unspecified atom stereocenters. The highest BCUT2D eigenvalue weighted by molar-refractivity contribution is 7.80. The van der Waals surface area contributed by atoms with Gasteiger partial charge in [-0.25, -0.2) is 10.8 Å². The van der Waals surface area contributed by atoms with Crippen LogP contribution in [0.3, 0.4) is 0 Å². The average Bonchev–Trinajstić information content (AvgIpc) is 2.39. The quantitative estimate of drug-likeness (QED) is 0.406. The zero-order chi connectivity index (χ0) is 11.4. The Morgan fingerprint density at radius 1 is 1.31 bits per heavy atom. The van der Waals surface area contributed by atoms with Crippen molar-refractivity contribution in [3.05, 3.63) is 24.4 Å². The summed E-state index contributed by atoms with van der Waals surface area (Å²) < 4.78 is 0. The molecule has 1 fully saturated rings. The molecule has 1 aliphatic heterocycles. The van der Waals surface area contributed by atoms with Crippen LogP contribution in [0, 0.1) is 0 Å². The normalized spacial score (nSPS) is 16.1. The summed E-state index contributed by atoms with van der Waals surface area (Å²) in [6.07, 6.45) is 1.81. The smallest absolute Gasteiger partial charge is 0.183 e. The fourth-order valence-electron chi connectivity index (χ4n) is 1.77. The predicted molar refractivity (Wildman–Crippen MR) is 67.9 cm³/mol. The van der Waals surface area contributed by atoms with Crippen LogP contribution in [0.5, 0.6) is 0 Å². The summed E-state index contributed by atoms with van der Waals surface area (Å²) >= 11 is 5.09. The van der Waals surface area contributed by atoms with E-state index in [9.17, 15) is 0 Å². The number of hydrazine groups is 1. The van der Waals surface area contributed by atoms with Gasteiger partial charge in [-0.05, 0) is 24.4 Å². The molecule has 5 nitrogen and oxygen atoms in total. The van der Waals surface area contributed by atoms with Gasteiger partial charge in [0.05, 0.1) is 0 Å². The number of hydrogen-bond acceptors (Lipinski definition) is 4. The SMILES string of the molecule is NNC(=S)N1CCN(c2ccccn2)CC1. The summed E-state index contributed by atoms with van der Waals surface area (Å²) in [5.41, 5.74) is 2.51. The van der Waals surface area contributed by atoms with Gasteiger partial charge in [-0.1, -0.05) is 6.07 Å². The molecule has 3 N–H and O–H groups in total. The van der Waals surface area contributed by atoms with Gasteiger partial charge in [-0.15, -0.1) is 0 Å². The summed E-state index contributed by atoms with van der Waals surface area (Å²) in [4.78, 5) is 8.64. The number of rotatable bonds is 1. The van der Waals surface area contributed by atoms with Crippen LogP contribution in [0.15, 0.2) is 24.4 Å². The first kappa shape index (κ1) is 11.1. The van der Waals surface area contributed by atoms with Crippen LogP contribution in [0.2, 0.25) is 0 Å². The minimum Gasteiger partial charge on any atom is -0.353 e. The number of thiocarbonyl (C=S) groups is 1. The van der Waals surface area contributed by atoms with E-state index in [2.05, 4.69) is 20.2 Å². The third-order valence-electron chi connectivity index (χ3n) is 2.66. The number of hydrogen-bond donors (Lipinski definition) is 2. The van der Waals surface area contributed by atoms with E-state index in [-0.39, 0.29) is 0 Å². The van der Waals surface area contributed by atoms with Gasteiger partial charge >= 0.3 is 0 Å². The topological polar surface area (TPSA) is 57.4 Å². The molecule has 0 amide bonds. The lowest BCUT2D eigenvalue weighted by molar-refractivity contribution is 0.380. The van der Waals surface area contributed by atoms with E-state index in [1.165, 1.54) is 0 Å². The van der Waals surface area contributed by atoms with Crippen molar-refractivity contribution in [2.75, 3.05) is 31.1 Å². The Hall–Kier alpha value is -1.40. The van der Waals surface area contributed by atoms with Crippen LogP contribution in [0.25, 0.3) is 0 Å². The molecule has 0 atom stereocenters. The molecule has 1 aromatic heterocycles. The number of nitrogens with one attached hydrogen (secondary N) is 1. The average molecular weight is 237 g/mol. The van der Waals surface area contributed by atoms with Crippen LogP contribution < -0.4 is 16.2 Å². The zero-order valence-electron chi connectivity index (χ0n) is 8.97. The molecule has 86 valence electrons. The first-order valence-electron chi connectivity index (χ1n) is 5.23. The maximum atomic E-state index is 5.29. The largest absolute Gasteiger partial charge is 0.353 e. The van der Waals surface area contributed by atoms with Crippen molar-refractivity contribution >= 4 is 23.1 Å². The highest BCUT2D eigenvalue weighted by atomic mass is 32.1. The van der Waals surface area contributed by atoms with Gasteiger partial charge in [0, 0.05) is 32.4 Å². The molecule has 0 bridgehead atoms. The summed E-state index contributed by atoms with van der Waals surface area (Å²) in [6, 6.07) is 5.95. The van der Waals surface area contributed by atoms with Crippen molar-refractivity contribution in [1.29, 1.82) is 0 Å².